The lowest BCUT2D eigenvalue weighted by Gasteiger charge is -1.99. The van der Waals surface area contributed by atoms with Crippen molar-refractivity contribution < 1.29 is 10.5 Å². The van der Waals surface area contributed by atoms with E-state index in [-0.39, 0.29) is 5.48 Å². The number of hydrogen-bond donors (Lipinski definition) is 1. The van der Waals surface area contributed by atoms with Crippen molar-refractivity contribution in [1.29, 1.82) is 0 Å². The molecule has 2 aromatic rings. The summed E-state index contributed by atoms with van der Waals surface area (Å²) >= 11 is 0. The van der Waals surface area contributed by atoms with Crippen LogP contribution in [0.2, 0.25) is 0 Å². The molecule has 0 aliphatic heterocycles. The van der Waals surface area contributed by atoms with Crippen LogP contribution in [0.5, 0.6) is 0 Å². The van der Waals surface area contributed by atoms with E-state index in [1.165, 1.54) is 10.9 Å². The molecule has 0 fully saturated rings. The Morgan fingerprint density at radius 2 is 2.00 bits per heavy atom. The number of pyridine rings is 1. The van der Waals surface area contributed by atoms with Gasteiger partial charge in [0, 0.05) is 25.6 Å². The number of aryl methyl sites for hydroxylation is 1. The van der Waals surface area contributed by atoms with Gasteiger partial charge in [0.25, 0.3) is 0 Å². The van der Waals surface area contributed by atoms with Crippen molar-refractivity contribution in [1.82, 2.24) is 0 Å². The fourth-order valence-electron chi connectivity index (χ4n) is 1.63. The minimum absolute atomic E-state index is 0. The predicted molar refractivity (Wildman–Crippen MR) is 55.1 cm³/mol. The molecule has 3 nitrogen and oxygen atoms in total. The Balaban J connectivity index is 0.000000980. The summed E-state index contributed by atoms with van der Waals surface area (Å²) in [6.45, 7) is 2.64. The van der Waals surface area contributed by atoms with Gasteiger partial charge in [-0.05, 0) is 11.6 Å². The molecule has 0 radical (unpaired) electrons. The number of H-pyrrole nitrogens is 1. The first-order valence-electron chi connectivity index (χ1n) is 4.42. The highest BCUT2D eigenvalue weighted by Gasteiger charge is 2.05. The number of hydrogen-bond acceptors (Lipinski definition) is 2. The molecule has 0 spiro atoms. The molecule has 4 N–H and O–H groups in total. The van der Waals surface area contributed by atoms with E-state index in [1.807, 2.05) is 19.1 Å². The number of fused-ring (bicyclic) bond motifs is 1. The third-order valence-corrected chi connectivity index (χ3v) is 2.22. The van der Waals surface area contributed by atoms with Crippen LogP contribution in [0, 0.1) is 6.92 Å². The monoisotopic (exact) mass is 190 g/mol. The average molecular weight is 190 g/mol. The summed E-state index contributed by atoms with van der Waals surface area (Å²) in [5.74, 6) is 0. The van der Waals surface area contributed by atoms with Gasteiger partial charge >= 0.3 is 0 Å². The molecule has 0 atom stereocenters. The second-order valence-corrected chi connectivity index (χ2v) is 3.23. The fraction of sp³-hybridized carbons (Fsp3) is 0.182. The molecule has 1 aromatic carbocycles. The number of aromatic amines is 1. The minimum Gasteiger partial charge on any atom is -0.870 e. The summed E-state index contributed by atoms with van der Waals surface area (Å²) in [7, 11) is 0. The standard InChI is InChI=1S/C11H12N2.H2O/c1-8-6-9(7-12)10-4-2-3-5-11(10)13-8;/h2-6H,7,12H2,1H3;1H2. The Morgan fingerprint density at radius 1 is 1.29 bits per heavy atom. The number of nitrogens with one attached hydrogen (secondary N) is 1. The number of benzene rings is 1. The van der Waals surface area contributed by atoms with Gasteiger partial charge in [-0.1, -0.05) is 12.1 Å². The molecule has 0 bridgehead atoms. The Morgan fingerprint density at radius 3 is 2.71 bits per heavy atom. The van der Waals surface area contributed by atoms with Crippen molar-refractivity contribution in [2.75, 3.05) is 0 Å². The molecule has 74 valence electrons. The average Bonchev–Trinajstić information content (AvgIpc) is 2.16. The molecule has 0 amide bonds. The quantitative estimate of drug-likeness (QED) is 0.735. The topological polar surface area (TPSA) is 70.2 Å². The summed E-state index contributed by atoms with van der Waals surface area (Å²) in [6.07, 6.45) is 0. The van der Waals surface area contributed by atoms with Crippen LogP contribution in [-0.2, 0) is 6.54 Å². The van der Waals surface area contributed by atoms with Gasteiger partial charge in [-0.25, -0.2) is 4.98 Å². The summed E-state index contributed by atoms with van der Waals surface area (Å²) in [5, 5.41) is 1.22. The van der Waals surface area contributed by atoms with Crippen molar-refractivity contribution in [2.45, 2.75) is 13.5 Å². The summed E-state index contributed by atoms with van der Waals surface area (Å²) in [4.78, 5) is 3.31. The third kappa shape index (κ3) is 1.73. The first-order chi connectivity index (χ1) is 6.31. The second-order valence-electron chi connectivity index (χ2n) is 3.23. The highest BCUT2D eigenvalue weighted by Crippen LogP contribution is 2.14. The maximum absolute atomic E-state index is 5.67. The molecular formula is C11H14N2O. The molecule has 0 saturated carbocycles. The van der Waals surface area contributed by atoms with Crippen molar-refractivity contribution in [3.05, 3.63) is 41.6 Å². The predicted octanol–water partition coefficient (Wildman–Crippen LogP) is 1.24. The summed E-state index contributed by atoms with van der Waals surface area (Å²) < 4.78 is 0. The molecule has 3 heteroatoms. The SMILES string of the molecule is Cc1cc(CN)c2ccccc2[nH+]1.[OH-]. The smallest absolute Gasteiger partial charge is 0.211 e. The Bertz CT molecular complexity index is 440. The zero-order valence-electron chi connectivity index (χ0n) is 8.12. The van der Waals surface area contributed by atoms with E-state index >= 15 is 0 Å². The highest BCUT2D eigenvalue weighted by molar-refractivity contribution is 5.79. The molecule has 14 heavy (non-hydrogen) atoms. The van der Waals surface area contributed by atoms with E-state index in [9.17, 15) is 0 Å². The van der Waals surface area contributed by atoms with Crippen LogP contribution >= 0.6 is 0 Å². The largest absolute Gasteiger partial charge is 0.870 e. The van der Waals surface area contributed by atoms with Crippen LogP contribution in [0.3, 0.4) is 0 Å². The molecule has 0 saturated heterocycles. The lowest BCUT2D eigenvalue weighted by molar-refractivity contribution is -0.354. The summed E-state index contributed by atoms with van der Waals surface area (Å²) in [5.41, 5.74) is 9.18. The Hall–Kier alpha value is -1.45. The molecule has 2 rings (SSSR count). The van der Waals surface area contributed by atoms with Gasteiger partial charge < -0.3 is 11.2 Å². The number of rotatable bonds is 1. The van der Waals surface area contributed by atoms with Crippen LogP contribution in [0.4, 0.5) is 0 Å². The van der Waals surface area contributed by atoms with E-state index in [0.29, 0.717) is 6.54 Å². The van der Waals surface area contributed by atoms with Crippen LogP contribution < -0.4 is 10.7 Å². The lowest BCUT2D eigenvalue weighted by Crippen LogP contribution is -2.11. The van der Waals surface area contributed by atoms with Crippen LogP contribution in [0.1, 0.15) is 11.3 Å². The fourth-order valence-corrected chi connectivity index (χ4v) is 1.63. The first kappa shape index (κ1) is 10.6. The van der Waals surface area contributed by atoms with E-state index in [4.69, 9.17) is 5.73 Å². The first-order valence-corrected chi connectivity index (χ1v) is 4.42. The van der Waals surface area contributed by atoms with Crippen LogP contribution in [-0.4, -0.2) is 5.48 Å². The zero-order valence-corrected chi connectivity index (χ0v) is 8.12. The van der Waals surface area contributed by atoms with Gasteiger partial charge in [-0.3, -0.25) is 0 Å². The molecule has 0 aliphatic rings. The number of aromatic nitrogens is 1. The van der Waals surface area contributed by atoms with Crippen molar-refractivity contribution in [2.24, 2.45) is 5.73 Å². The third-order valence-electron chi connectivity index (χ3n) is 2.22. The van der Waals surface area contributed by atoms with E-state index in [2.05, 4.69) is 23.2 Å². The van der Waals surface area contributed by atoms with E-state index < -0.39 is 0 Å². The Kier molecular flexibility index (Phi) is 3.17. The van der Waals surface area contributed by atoms with Crippen LogP contribution in [0.25, 0.3) is 10.9 Å². The lowest BCUT2D eigenvalue weighted by atomic mass is 10.1. The van der Waals surface area contributed by atoms with Crippen LogP contribution in [0.15, 0.2) is 30.3 Å². The van der Waals surface area contributed by atoms with Gasteiger partial charge in [0.15, 0.2) is 5.69 Å². The van der Waals surface area contributed by atoms with E-state index in [1.54, 1.807) is 0 Å². The maximum Gasteiger partial charge on any atom is 0.211 e. The van der Waals surface area contributed by atoms with Crippen molar-refractivity contribution >= 4 is 10.9 Å². The van der Waals surface area contributed by atoms with Gasteiger partial charge in [0.1, 0.15) is 0 Å². The zero-order chi connectivity index (χ0) is 9.26. The second kappa shape index (κ2) is 4.17. The molecule has 0 aliphatic carbocycles. The molecule has 1 heterocycles. The maximum atomic E-state index is 5.67. The number of nitrogens with two attached hydrogens (primary N) is 1. The van der Waals surface area contributed by atoms with Gasteiger partial charge in [-0.2, -0.15) is 0 Å². The number of para-hydroxylation sites is 1. The van der Waals surface area contributed by atoms with Gasteiger partial charge in [0.2, 0.25) is 5.52 Å². The van der Waals surface area contributed by atoms with Crippen molar-refractivity contribution in [3.63, 3.8) is 0 Å². The summed E-state index contributed by atoms with van der Waals surface area (Å²) in [6, 6.07) is 10.3. The van der Waals surface area contributed by atoms with Gasteiger partial charge in [0.05, 0.1) is 5.39 Å². The highest BCUT2D eigenvalue weighted by atomic mass is 16.0. The Labute approximate surface area is 82.9 Å². The van der Waals surface area contributed by atoms with Crippen molar-refractivity contribution in [3.8, 4) is 0 Å². The molecule has 1 aromatic heterocycles. The van der Waals surface area contributed by atoms with Gasteiger partial charge in [-0.15, -0.1) is 0 Å². The molecular weight excluding hydrogens is 176 g/mol. The molecule has 0 unspecified atom stereocenters. The van der Waals surface area contributed by atoms with E-state index in [0.717, 1.165) is 11.2 Å². The minimum atomic E-state index is 0. The normalized spacial score (nSPS) is 9.86.